The van der Waals surface area contributed by atoms with Gasteiger partial charge in [0.1, 0.15) is 16.8 Å². The van der Waals surface area contributed by atoms with Crippen molar-refractivity contribution in [2.75, 3.05) is 21.9 Å². The molecule has 0 radical (unpaired) electrons. The number of benzene rings is 3. The third kappa shape index (κ3) is 3.68. The van der Waals surface area contributed by atoms with Gasteiger partial charge in [-0.2, -0.15) is 0 Å². The van der Waals surface area contributed by atoms with Crippen molar-refractivity contribution in [3.8, 4) is 11.3 Å². The van der Waals surface area contributed by atoms with Gasteiger partial charge in [0.05, 0.1) is 22.7 Å². The van der Waals surface area contributed by atoms with E-state index < -0.39 is 22.7 Å². The van der Waals surface area contributed by atoms with Crippen LogP contribution < -0.4 is 9.62 Å². The van der Waals surface area contributed by atoms with Crippen molar-refractivity contribution in [2.45, 2.75) is 0 Å². The van der Waals surface area contributed by atoms with E-state index in [1.165, 1.54) is 12.1 Å². The highest BCUT2D eigenvalue weighted by molar-refractivity contribution is 7.88. The van der Waals surface area contributed by atoms with Crippen molar-refractivity contribution in [3.63, 3.8) is 0 Å². The lowest BCUT2D eigenvalue weighted by atomic mass is 10.0. The van der Waals surface area contributed by atoms with Gasteiger partial charge in [0.15, 0.2) is 0 Å². The maximum Gasteiger partial charge on any atom is 0.258 e. The van der Waals surface area contributed by atoms with E-state index in [1.54, 1.807) is 22.6 Å². The summed E-state index contributed by atoms with van der Waals surface area (Å²) in [5.41, 5.74) is 2.66. The molecule has 0 bridgehead atoms. The van der Waals surface area contributed by atoms with Gasteiger partial charge >= 0.3 is 0 Å². The molecule has 1 saturated heterocycles. The zero-order valence-corrected chi connectivity index (χ0v) is 17.2. The molecule has 1 N–H and O–H groups in total. The predicted molar refractivity (Wildman–Crippen MR) is 122 cm³/mol. The fourth-order valence-electron chi connectivity index (χ4n) is 3.64. The molecule has 5 nitrogen and oxygen atoms in total. The van der Waals surface area contributed by atoms with Gasteiger partial charge in [-0.1, -0.05) is 36.4 Å². The lowest BCUT2D eigenvalue weighted by molar-refractivity contribution is 0.102. The third-order valence-corrected chi connectivity index (χ3v) is 6.68. The molecule has 2 heterocycles. The molecular formula is C24H18FN3O2S. The Hall–Kier alpha value is -3.58. The summed E-state index contributed by atoms with van der Waals surface area (Å²) in [6.07, 6.45) is 1.75. The number of pyridine rings is 1. The largest absolute Gasteiger partial charge is 0.322 e. The van der Waals surface area contributed by atoms with E-state index in [0.29, 0.717) is 23.7 Å². The maximum absolute atomic E-state index is 14.6. The Morgan fingerprint density at radius 1 is 1.03 bits per heavy atom. The molecule has 4 aromatic rings. The SMILES string of the molecule is O=C(Nc1cccc(-c2nccc3ccccc23)c1)c1ccc(N2CCS2=O)cc1F. The van der Waals surface area contributed by atoms with Gasteiger partial charge in [-0.15, -0.1) is 0 Å². The molecule has 1 unspecified atom stereocenters. The molecule has 1 aliphatic rings. The standard InChI is InChI=1S/C24H18FN3O2S/c25-22-15-19(28-12-13-31(28)30)8-9-21(22)24(29)27-18-6-3-5-17(14-18)23-20-7-2-1-4-16(20)10-11-26-23/h1-11,14-15H,12-13H2,(H,27,29). The summed E-state index contributed by atoms with van der Waals surface area (Å²) in [6, 6.07) is 21.5. The van der Waals surface area contributed by atoms with Crippen molar-refractivity contribution in [1.82, 2.24) is 4.98 Å². The summed E-state index contributed by atoms with van der Waals surface area (Å²) in [5, 5.41) is 4.85. The third-order valence-electron chi connectivity index (χ3n) is 5.27. The fourth-order valence-corrected chi connectivity index (χ4v) is 4.50. The predicted octanol–water partition coefficient (Wildman–Crippen LogP) is 4.78. The maximum atomic E-state index is 14.6. The zero-order valence-electron chi connectivity index (χ0n) is 16.4. The number of anilines is 2. The summed E-state index contributed by atoms with van der Waals surface area (Å²) in [6.45, 7) is 0.618. The number of carbonyl (C=O) groups is 1. The number of halogens is 1. The van der Waals surface area contributed by atoms with Gasteiger partial charge in [0.2, 0.25) is 0 Å². The summed E-state index contributed by atoms with van der Waals surface area (Å²) in [7, 11) is -1.11. The molecule has 1 aliphatic heterocycles. The first-order valence-electron chi connectivity index (χ1n) is 9.81. The minimum atomic E-state index is -1.11. The van der Waals surface area contributed by atoms with Crippen LogP contribution in [-0.2, 0) is 11.0 Å². The average molecular weight is 431 g/mol. The molecule has 7 heteroatoms. The second kappa shape index (κ2) is 7.92. The van der Waals surface area contributed by atoms with Gasteiger partial charge in [0.25, 0.3) is 5.91 Å². The molecule has 0 aliphatic carbocycles. The second-order valence-corrected chi connectivity index (χ2v) is 8.70. The van der Waals surface area contributed by atoms with E-state index in [1.807, 2.05) is 48.5 Å². The molecule has 31 heavy (non-hydrogen) atoms. The summed E-state index contributed by atoms with van der Waals surface area (Å²) >= 11 is 0. The Balaban J connectivity index is 1.41. The lowest BCUT2D eigenvalue weighted by Crippen LogP contribution is -2.42. The first-order chi connectivity index (χ1) is 15.1. The Kier molecular flexibility index (Phi) is 4.95. The smallest absolute Gasteiger partial charge is 0.258 e. The van der Waals surface area contributed by atoms with Gasteiger partial charge in [-0.3, -0.25) is 14.1 Å². The van der Waals surface area contributed by atoms with Gasteiger partial charge in [0, 0.05) is 29.4 Å². The first-order valence-corrected chi connectivity index (χ1v) is 11.1. The number of fused-ring (bicyclic) bond motifs is 1. The van der Waals surface area contributed by atoms with E-state index in [0.717, 1.165) is 22.0 Å². The topological polar surface area (TPSA) is 62.3 Å². The van der Waals surface area contributed by atoms with Crippen LogP contribution in [-0.4, -0.2) is 27.4 Å². The second-order valence-electron chi connectivity index (χ2n) is 7.21. The van der Waals surface area contributed by atoms with Crippen molar-refractivity contribution in [3.05, 3.63) is 90.4 Å². The lowest BCUT2D eigenvalue weighted by Gasteiger charge is -2.31. The highest BCUT2D eigenvalue weighted by atomic mass is 32.2. The number of nitrogens with zero attached hydrogens (tertiary/aromatic N) is 2. The molecule has 5 rings (SSSR count). The van der Waals surface area contributed by atoms with Crippen LogP contribution in [0, 0.1) is 5.82 Å². The van der Waals surface area contributed by atoms with Crippen molar-refractivity contribution < 1.29 is 13.4 Å². The molecule has 1 amide bonds. The molecule has 154 valence electrons. The molecular weight excluding hydrogens is 413 g/mol. The summed E-state index contributed by atoms with van der Waals surface area (Å²) in [4.78, 5) is 17.2. The minimum Gasteiger partial charge on any atom is -0.322 e. The average Bonchev–Trinajstić information content (AvgIpc) is 2.78. The van der Waals surface area contributed by atoms with Crippen LogP contribution in [0.5, 0.6) is 0 Å². The zero-order chi connectivity index (χ0) is 21.4. The number of amides is 1. The monoisotopic (exact) mass is 431 g/mol. The Bertz CT molecular complexity index is 1340. The Morgan fingerprint density at radius 3 is 2.68 bits per heavy atom. The quantitative estimate of drug-likeness (QED) is 0.506. The number of aromatic nitrogens is 1. The van der Waals surface area contributed by atoms with Gasteiger partial charge < -0.3 is 5.32 Å². The van der Waals surface area contributed by atoms with E-state index in [-0.39, 0.29) is 5.56 Å². The van der Waals surface area contributed by atoms with Gasteiger partial charge in [-0.25, -0.2) is 8.60 Å². The normalized spacial score (nSPS) is 15.5. The van der Waals surface area contributed by atoms with Crippen LogP contribution in [0.2, 0.25) is 0 Å². The van der Waals surface area contributed by atoms with E-state index in [9.17, 15) is 13.4 Å². The first kappa shape index (κ1) is 19.4. The van der Waals surface area contributed by atoms with Crippen molar-refractivity contribution in [2.24, 2.45) is 0 Å². The van der Waals surface area contributed by atoms with E-state index >= 15 is 0 Å². The number of hydrogen-bond acceptors (Lipinski definition) is 3. The van der Waals surface area contributed by atoms with Crippen LogP contribution in [0.3, 0.4) is 0 Å². The number of carbonyl (C=O) groups excluding carboxylic acids is 1. The van der Waals surface area contributed by atoms with Crippen LogP contribution in [0.15, 0.2) is 79.0 Å². The molecule has 1 aromatic heterocycles. The van der Waals surface area contributed by atoms with E-state index in [2.05, 4.69) is 10.3 Å². The molecule has 3 aromatic carbocycles. The minimum absolute atomic E-state index is 0.0660. The summed E-state index contributed by atoms with van der Waals surface area (Å²) in [5.74, 6) is -0.617. The van der Waals surface area contributed by atoms with E-state index in [4.69, 9.17) is 0 Å². The Labute approximate surface area is 181 Å². The van der Waals surface area contributed by atoms with Crippen molar-refractivity contribution in [1.29, 1.82) is 0 Å². The molecule has 0 saturated carbocycles. The van der Waals surface area contributed by atoms with Crippen LogP contribution in [0.1, 0.15) is 10.4 Å². The van der Waals surface area contributed by atoms with Crippen LogP contribution >= 0.6 is 0 Å². The Morgan fingerprint density at radius 2 is 1.90 bits per heavy atom. The fraction of sp³-hybridized carbons (Fsp3) is 0.0833. The van der Waals surface area contributed by atoms with Crippen LogP contribution in [0.25, 0.3) is 22.0 Å². The van der Waals surface area contributed by atoms with Crippen LogP contribution in [0.4, 0.5) is 15.8 Å². The molecule has 0 spiro atoms. The number of nitrogens with one attached hydrogen (secondary N) is 1. The number of hydrogen-bond donors (Lipinski definition) is 1. The molecule has 1 fully saturated rings. The number of rotatable bonds is 4. The molecule has 1 atom stereocenters. The highest BCUT2D eigenvalue weighted by Gasteiger charge is 2.25. The highest BCUT2D eigenvalue weighted by Crippen LogP contribution is 2.29. The summed E-state index contributed by atoms with van der Waals surface area (Å²) < 4.78 is 27.8. The van der Waals surface area contributed by atoms with Crippen molar-refractivity contribution >= 4 is 39.0 Å². The van der Waals surface area contributed by atoms with Gasteiger partial charge in [-0.05, 0) is 41.8 Å².